The minimum atomic E-state index is -3.42. The van der Waals surface area contributed by atoms with Crippen LogP contribution in [0.5, 0.6) is 0 Å². The summed E-state index contributed by atoms with van der Waals surface area (Å²) in [6.45, 7) is 6.76. The Bertz CT molecular complexity index is 847. The van der Waals surface area contributed by atoms with Crippen molar-refractivity contribution in [1.82, 2.24) is 14.3 Å². The summed E-state index contributed by atoms with van der Waals surface area (Å²) >= 11 is 4.56. The number of sulfonamides is 1. The topological polar surface area (TPSA) is 78.4 Å². The lowest BCUT2D eigenvalue weighted by Crippen LogP contribution is -2.48. The van der Waals surface area contributed by atoms with Crippen molar-refractivity contribution < 1.29 is 8.42 Å². The zero-order valence-corrected chi connectivity index (χ0v) is 17.3. The third-order valence-electron chi connectivity index (χ3n) is 3.89. The van der Waals surface area contributed by atoms with Crippen molar-refractivity contribution in [2.75, 3.05) is 42.9 Å². The molecule has 1 aliphatic heterocycles. The van der Waals surface area contributed by atoms with Crippen molar-refractivity contribution in [3.05, 3.63) is 27.8 Å². The van der Waals surface area contributed by atoms with Gasteiger partial charge in [0.1, 0.15) is 21.7 Å². The maximum atomic E-state index is 12.7. The molecule has 136 valence electrons. The molecular weight excluding hydrogens is 426 g/mol. The van der Waals surface area contributed by atoms with E-state index in [0.717, 1.165) is 22.0 Å². The summed E-state index contributed by atoms with van der Waals surface area (Å²) in [4.78, 5) is 11.0. The van der Waals surface area contributed by atoms with Gasteiger partial charge < -0.3 is 10.2 Å². The summed E-state index contributed by atoms with van der Waals surface area (Å²) in [5, 5.41) is 3.20. The van der Waals surface area contributed by atoms with Crippen LogP contribution >= 0.6 is 27.3 Å². The highest BCUT2D eigenvalue weighted by molar-refractivity contribution is 9.11. The van der Waals surface area contributed by atoms with E-state index in [1.807, 2.05) is 19.9 Å². The molecule has 0 aromatic carbocycles. The Labute approximate surface area is 160 Å². The number of hydrogen-bond donors (Lipinski definition) is 1. The lowest BCUT2D eigenvalue weighted by molar-refractivity contribution is 0.384. The Morgan fingerprint density at radius 1 is 1.24 bits per heavy atom. The molecule has 1 aliphatic rings. The molecule has 7 nitrogen and oxygen atoms in total. The second-order valence-electron chi connectivity index (χ2n) is 5.64. The summed E-state index contributed by atoms with van der Waals surface area (Å²) in [6.07, 6.45) is 0. The van der Waals surface area contributed by atoms with Gasteiger partial charge in [-0.05, 0) is 41.9 Å². The molecule has 3 heterocycles. The maximum absolute atomic E-state index is 12.7. The second-order valence-corrected chi connectivity index (χ2v) is 10.3. The van der Waals surface area contributed by atoms with Gasteiger partial charge in [0.05, 0.1) is 3.79 Å². The first-order valence-corrected chi connectivity index (χ1v) is 11.0. The van der Waals surface area contributed by atoms with Crippen LogP contribution in [-0.4, -0.2) is 55.4 Å². The quantitative estimate of drug-likeness (QED) is 0.761. The van der Waals surface area contributed by atoms with E-state index in [0.29, 0.717) is 36.2 Å². The molecular formula is C15H20BrN5O2S2. The Morgan fingerprint density at radius 3 is 2.56 bits per heavy atom. The molecule has 3 rings (SSSR count). The normalized spacial score (nSPS) is 16.2. The molecule has 0 atom stereocenters. The highest BCUT2D eigenvalue weighted by Crippen LogP contribution is 2.29. The highest BCUT2D eigenvalue weighted by atomic mass is 79.9. The fourth-order valence-electron chi connectivity index (χ4n) is 2.71. The first-order chi connectivity index (χ1) is 11.9. The molecule has 0 bridgehead atoms. The first kappa shape index (κ1) is 18.6. The van der Waals surface area contributed by atoms with Gasteiger partial charge >= 0.3 is 0 Å². The number of piperazine rings is 1. The van der Waals surface area contributed by atoms with Crippen LogP contribution in [0.3, 0.4) is 0 Å². The molecule has 10 heteroatoms. The van der Waals surface area contributed by atoms with Gasteiger partial charge in [-0.2, -0.15) is 4.31 Å². The second kappa shape index (κ2) is 7.56. The van der Waals surface area contributed by atoms with Gasteiger partial charge in [-0.25, -0.2) is 18.4 Å². The summed E-state index contributed by atoms with van der Waals surface area (Å²) in [7, 11) is -3.42. The van der Waals surface area contributed by atoms with Crippen molar-refractivity contribution in [2.45, 2.75) is 18.1 Å². The first-order valence-electron chi connectivity index (χ1n) is 8.00. The van der Waals surface area contributed by atoms with Gasteiger partial charge in [-0.15, -0.1) is 11.3 Å². The molecule has 1 N–H and O–H groups in total. The SMILES string of the molecule is CCNc1cc(N2CCN(S(=O)(=O)c3ccc(Br)s3)CC2)nc(C)n1. The average Bonchev–Trinajstić information content (AvgIpc) is 3.02. The average molecular weight is 446 g/mol. The molecule has 0 spiro atoms. The van der Waals surface area contributed by atoms with Crippen molar-refractivity contribution in [3.8, 4) is 0 Å². The molecule has 0 saturated carbocycles. The van der Waals surface area contributed by atoms with Crippen LogP contribution in [0.1, 0.15) is 12.7 Å². The molecule has 0 unspecified atom stereocenters. The fraction of sp³-hybridized carbons (Fsp3) is 0.467. The zero-order chi connectivity index (χ0) is 18.0. The number of thiophene rings is 1. The summed E-state index contributed by atoms with van der Waals surface area (Å²) in [5.41, 5.74) is 0. The van der Waals surface area contributed by atoms with Gasteiger partial charge in [0, 0.05) is 38.8 Å². The Morgan fingerprint density at radius 2 is 1.96 bits per heavy atom. The molecule has 1 saturated heterocycles. The number of anilines is 2. The van der Waals surface area contributed by atoms with Crippen molar-refractivity contribution in [3.63, 3.8) is 0 Å². The number of nitrogens with zero attached hydrogens (tertiary/aromatic N) is 4. The molecule has 2 aromatic rings. The van der Waals surface area contributed by atoms with Gasteiger partial charge in [-0.1, -0.05) is 0 Å². The predicted octanol–water partition coefficient (Wildman–Crippen LogP) is 2.55. The number of aromatic nitrogens is 2. The number of hydrogen-bond acceptors (Lipinski definition) is 7. The van der Waals surface area contributed by atoms with Crippen LogP contribution in [0.2, 0.25) is 0 Å². The Kier molecular flexibility index (Phi) is 5.62. The van der Waals surface area contributed by atoms with Crippen LogP contribution in [0.4, 0.5) is 11.6 Å². The number of rotatable bonds is 5. The Balaban J connectivity index is 1.72. The van der Waals surface area contributed by atoms with E-state index in [9.17, 15) is 8.42 Å². The van der Waals surface area contributed by atoms with Crippen LogP contribution in [0.15, 0.2) is 26.2 Å². The molecule has 1 fully saturated rings. The predicted molar refractivity (Wildman–Crippen MR) is 104 cm³/mol. The number of aryl methyl sites for hydroxylation is 1. The molecule has 0 radical (unpaired) electrons. The van der Waals surface area contributed by atoms with E-state index in [1.165, 1.54) is 11.3 Å². The van der Waals surface area contributed by atoms with Gasteiger partial charge in [0.15, 0.2) is 0 Å². The molecule has 25 heavy (non-hydrogen) atoms. The summed E-state index contributed by atoms with van der Waals surface area (Å²) < 4.78 is 28.1. The largest absolute Gasteiger partial charge is 0.370 e. The molecule has 0 aliphatic carbocycles. The minimum absolute atomic E-state index is 0.375. The lowest BCUT2D eigenvalue weighted by Gasteiger charge is -2.34. The van der Waals surface area contributed by atoms with Crippen LogP contribution < -0.4 is 10.2 Å². The summed E-state index contributed by atoms with van der Waals surface area (Å²) in [6, 6.07) is 5.32. The number of halogens is 1. The van der Waals surface area contributed by atoms with Gasteiger partial charge in [0.25, 0.3) is 10.0 Å². The smallest absolute Gasteiger partial charge is 0.252 e. The van der Waals surface area contributed by atoms with E-state index >= 15 is 0 Å². The third kappa shape index (κ3) is 4.13. The van der Waals surface area contributed by atoms with Crippen LogP contribution in [0, 0.1) is 6.92 Å². The van der Waals surface area contributed by atoms with E-state index in [1.54, 1.807) is 16.4 Å². The minimum Gasteiger partial charge on any atom is -0.370 e. The van der Waals surface area contributed by atoms with Gasteiger partial charge in [0.2, 0.25) is 0 Å². The van der Waals surface area contributed by atoms with Crippen LogP contribution in [0.25, 0.3) is 0 Å². The molecule has 0 amide bonds. The standard InChI is InChI=1S/C15H20BrN5O2S2/c1-3-17-13-10-14(19-11(2)18-13)20-6-8-21(9-7-20)25(22,23)15-5-4-12(16)24-15/h4-5,10H,3,6-9H2,1-2H3,(H,17,18,19). The Hall–Kier alpha value is -1.23. The van der Waals surface area contributed by atoms with Crippen LogP contribution in [-0.2, 0) is 10.0 Å². The van der Waals surface area contributed by atoms with Crippen molar-refractivity contribution in [2.24, 2.45) is 0 Å². The monoisotopic (exact) mass is 445 g/mol. The van der Waals surface area contributed by atoms with E-state index in [2.05, 4.69) is 36.1 Å². The number of nitrogens with one attached hydrogen (secondary N) is 1. The van der Waals surface area contributed by atoms with Crippen molar-refractivity contribution in [1.29, 1.82) is 0 Å². The maximum Gasteiger partial charge on any atom is 0.252 e. The van der Waals surface area contributed by atoms with Crippen molar-refractivity contribution >= 4 is 48.9 Å². The molecule has 2 aromatic heterocycles. The lowest BCUT2D eigenvalue weighted by atomic mass is 10.3. The van der Waals surface area contributed by atoms with E-state index in [-0.39, 0.29) is 0 Å². The highest BCUT2D eigenvalue weighted by Gasteiger charge is 2.30. The van der Waals surface area contributed by atoms with Gasteiger partial charge in [-0.3, -0.25) is 0 Å². The third-order valence-corrected chi connectivity index (χ3v) is 7.88. The summed E-state index contributed by atoms with van der Waals surface area (Å²) in [5.74, 6) is 2.33. The van der Waals surface area contributed by atoms with E-state index in [4.69, 9.17) is 0 Å². The fourth-order valence-corrected chi connectivity index (χ4v) is 6.29. The van der Waals surface area contributed by atoms with E-state index < -0.39 is 10.0 Å². The zero-order valence-electron chi connectivity index (χ0n) is 14.1.